The molecule has 27 heavy (non-hydrogen) atoms. The van der Waals surface area contributed by atoms with Gasteiger partial charge in [0.25, 0.3) is 0 Å². The van der Waals surface area contributed by atoms with Crippen molar-refractivity contribution in [2.24, 2.45) is 0 Å². The van der Waals surface area contributed by atoms with Crippen LogP contribution in [-0.2, 0) is 14.8 Å². The highest BCUT2D eigenvalue weighted by molar-refractivity contribution is 9.10. The van der Waals surface area contributed by atoms with Gasteiger partial charge in [0.1, 0.15) is 11.6 Å². The summed E-state index contributed by atoms with van der Waals surface area (Å²) in [6.45, 7) is 1.67. The van der Waals surface area contributed by atoms with E-state index in [1.165, 1.54) is 37.4 Å². The number of benzene rings is 2. The van der Waals surface area contributed by atoms with E-state index in [2.05, 4.69) is 21.2 Å². The number of nitrogens with one attached hydrogen (secondary N) is 1. The van der Waals surface area contributed by atoms with Crippen molar-refractivity contribution >= 4 is 49.1 Å². The van der Waals surface area contributed by atoms with Gasteiger partial charge < -0.3 is 10.1 Å². The Labute approximate surface area is 170 Å². The molecule has 0 saturated carbocycles. The second-order valence-electron chi connectivity index (χ2n) is 5.46. The number of hydrogen-bond donors (Lipinski definition) is 1. The number of amides is 1. The zero-order valence-electron chi connectivity index (χ0n) is 14.5. The van der Waals surface area contributed by atoms with Crippen LogP contribution in [0.1, 0.15) is 6.92 Å². The van der Waals surface area contributed by atoms with Crippen LogP contribution in [0.5, 0.6) is 5.75 Å². The standard InChI is InChI=1S/C17H17BrClFN2O4S/c1-3-26-16-7-5-12(9-13(16)19)27(24,25)22(2)10-17(23)21-15-6-4-11(18)8-14(15)20/h4-9H,3,10H2,1-2H3,(H,21,23). The van der Waals surface area contributed by atoms with Gasteiger partial charge in [-0.25, -0.2) is 12.8 Å². The summed E-state index contributed by atoms with van der Waals surface area (Å²) in [5, 5.41) is 2.49. The predicted octanol–water partition coefficient (Wildman–Crippen LogP) is 3.90. The molecule has 1 N–H and O–H groups in total. The number of nitrogens with zero attached hydrogens (tertiary/aromatic N) is 1. The molecular weight excluding hydrogens is 463 g/mol. The molecule has 0 heterocycles. The van der Waals surface area contributed by atoms with E-state index >= 15 is 0 Å². The molecule has 146 valence electrons. The number of sulfonamides is 1. The smallest absolute Gasteiger partial charge is 0.243 e. The Morgan fingerprint density at radius 3 is 2.59 bits per heavy atom. The quantitative estimate of drug-likeness (QED) is 0.653. The fraction of sp³-hybridized carbons (Fsp3) is 0.235. The number of carbonyl (C=O) groups is 1. The van der Waals surface area contributed by atoms with E-state index in [0.29, 0.717) is 16.8 Å². The minimum absolute atomic E-state index is 0.0434. The first-order valence-electron chi connectivity index (χ1n) is 7.78. The fourth-order valence-electron chi connectivity index (χ4n) is 2.16. The van der Waals surface area contributed by atoms with Gasteiger partial charge in [-0.05, 0) is 43.3 Å². The van der Waals surface area contributed by atoms with Gasteiger partial charge in [-0.1, -0.05) is 27.5 Å². The average Bonchev–Trinajstić information content (AvgIpc) is 2.59. The SMILES string of the molecule is CCOc1ccc(S(=O)(=O)N(C)CC(=O)Nc2ccc(Br)cc2F)cc1Cl. The Balaban J connectivity index is 2.12. The maximum absolute atomic E-state index is 13.8. The van der Waals surface area contributed by atoms with E-state index < -0.39 is 28.3 Å². The van der Waals surface area contributed by atoms with Crippen molar-refractivity contribution < 1.29 is 22.3 Å². The van der Waals surface area contributed by atoms with Crippen LogP contribution in [-0.4, -0.2) is 38.8 Å². The molecule has 10 heteroatoms. The van der Waals surface area contributed by atoms with E-state index in [1.807, 2.05) is 0 Å². The minimum atomic E-state index is -3.97. The van der Waals surface area contributed by atoms with Crippen LogP contribution < -0.4 is 10.1 Å². The zero-order chi connectivity index (χ0) is 20.2. The highest BCUT2D eigenvalue weighted by atomic mass is 79.9. The Bertz CT molecular complexity index is 956. The molecule has 0 spiro atoms. The van der Waals surface area contributed by atoms with Crippen molar-refractivity contribution in [1.82, 2.24) is 4.31 Å². The molecular formula is C17H17BrClFN2O4S. The lowest BCUT2D eigenvalue weighted by atomic mass is 10.3. The normalized spacial score (nSPS) is 11.5. The molecule has 2 aromatic carbocycles. The zero-order valence-corrected chi connectivity index (χ0v) is 17.7. The second kappa shape index (κ2) is 9.01. The number of anilines is 1. The number of halogens is 3. The fourth-order valence-corrected chi connectivity index (χ4v) is 3.95. The van der Waals surface area contributed by atoms with Crippen LogP contribution >= 0.6 is 27.5 Å². The lowest BCUT2D eigenvalue weighted by Gasteiger charge is -2.18. The molecule has 0 fully saturated rings. The highest BCUT2D eigenvalue weighted by Crippen LogP contribution is 2.28. The third kappa shape index (κ3) is 5.41. The van der Waals surface area contributed by atoms with Crippen LogP contribution in [0.4, 0.5) is 10.1 Å². The first kappa shape index (κ1) is 21.6. The molecule has 0 atom stereocenters. The third-order valence-corrected chi connectivity index (χ3v) is 6.07. The van der Waals surface area contributed by atoms with Crippen LogP contribution in [0.2, 0.25) is 5.02 Å². The van der Waals surface area contributed by atoms with Gasteiger partial charge >= 0.3 is 0 Å². The van der Waals surface area contributed by atoms with E-state index in [1.54, 1.807) is 13.0 Å². The molecule has 0 aliphatic heterocycles. The van der Waals surface area contributed by atoms with Crippen molar-refractivity contribution in [3.8, 4) is 5.75 Å². The summed E-state index contributed by atoms with van der Waals surface area (Å²) in [5.41, 5.74) is -0.0434. The van der Waals surface area contributed by atoms with E-state index in [4.69, 9.17) is 16.3 Å². The van der Waals surface area contributed by atoms with Crippen LogP contribution in [0.15, 0.2) is 45.8 Å². The molecule has 0 saturated heterocycles. The number of ether oxygens (including phenoxy) is 1. The highest BCUT2D eigenvalue weighted by Gasteiger charge is 2.24. The number of likely N-dealkylation sites (N-methyl/N-ethyl adjacent to an activating group) is 1. The van der Waals surface area contributed by atoms with Crippen LogP contribution in [0.3, 0.4) is 0 Å². The minimum Gasteiger partial charge on any atom is -0.492 e. The maximum atomic E-state index is 13.8. The van der Waals surface area contributed by atoms with Crippen LogP contribution in [0.25, 0.3) is 0 Å². The van der Waals surface area contributed by atoms with E-state index in [0.717, 1.165) is 4.31 Å². The van der Waals surface area contributed by atoms with Crippen LogP contribution in [0, 0.1) is 5.82 Å². The Morgan fingerprint density at radius 1 is 1.30 bits per heavy atom. The lowest BCUT2D eigenvalue weighted by molar-refractivity contribution is -0.116. The molecule has 0 aliphatic rings. The Morgan fingerprint density at radius 2 is 2.00 bits per heavy atom. The van der Waals surface area contributed by atoms with Gasteiger partial charge in [0.15, 0.2) is 0 Å². The first-order chi connectivity index (χ1) is 12.6. The lowest BCUT2D eigenvalue weighted by Crippen LogP contribution is -2.35. The van der Waals surface area contributed by atoms with Gasteiger partial charge in [-0.2, -0.15) is 4.31 Å². The molecule has 0 radical (unpaired) electrons. The molecule has 0 aromatic heterocycles. The van der Waals surface area contributed by atoms with Crippen molar-refractivity contribution in [2.45, 2.75) is 11.8 Å². The summed E-state index contributed by atoms with van der Waals surface area (Å²) in [5.74, 6) is -0.954. The number of carbonyl (C=O) groups excluding carboxylic acids is 1. The van der Waals surface area contributed by atoms with Gasteiger partial charge in [0, 0.05) is 11.5 Å². The van der Waals surface area contributed by atoms with Crippen molar-refractivity contribution in [2.75, 3.05) is 25.5 Å². The van der Waals surface area contributed by atoms with Crippen molar-refractivity contribution in [3.05, 3.63) is 51.7 Å². The summed E-state index contributed by atoms with van der Waals surface area (Å²) >= 11 is 9.14. The Kier molecular flexibility index (Phi) is 7.21. The molecule has 2 rings (SSSR count). The topological polar surface area (TPSA) is 75.7 Å². The summed E-state index contributed by atoms with van der Waals surface area (Å²) < 4.78 is 45.7. The summed E-state index contributed by atoms with van der Waals surface area (Å²) in [6, 6.07) is 8.17. The van der Waals surface area contributed by atoms with E-state index in [-0.39, 0.29) is 15.6 Å². The van der Waals surface area contributed by atoms with Gasteiger partial charge in [0.2, 0.25) is 15.9 Å². The maximum Gasteiger partial charge on any atom is 0.243 e. The largest absolute Gasteiger partial charge is 0.492 e. The average molecular weight is 480 g/mol. The molecule has 1 amide bonds. The van der Waals surface area contributed by atoms with Crippen molar-refractivity contribution in [3.63, 3.8) is 0 Å². The predicted molar refractivity (Wildman–Crippen MR) is 105 cm³/mol. The first-order valence-corrected chi connectivity index (χ1v) is 10.4. The molecule has 0 bridgehead atoms. The van der Waals surface area contributed by atoms with E-state index in [9.17, 15) is 17.6 Å². The van der Waals surface area contributed by atoms with Gasteiger partial charge in [0.05, 0.1) is 28.8 Å². The van der Waals surface area contributed by atoms with Crippen molar-refractivity contribution in [1.29, 1.82) is 0 Å². The monoisotopic (exact) mass is 478 g/mol. The second-order valence-corrected chi connectivity index (χ2v) is 8.83. The van der Waals surface area contributed by atoms with Gasteiger partial charge in [-0.15, -0.1) is 0 Å². The Hall–Kier alpha value is -1.68. The summed E-state index contributed by atoms with van der Waals surface area (Å²) in [4.78, 5) is 12.0. The van der Waals surface area contributed by atoms with Gasteiger partial charge in [-0.3, -0.25) is 4.79 Å². The number of rotatable bonds is 7. The third-order valence-electron chi connectivity index (χ3n) is 3.48. The number of hydrogen-bond acceptors (Lipinski definition) is 4. The summed E-state index contributed by atoms with van der Waals surface area (Å²) in [6.07, 6.45) is 0. The molecule has 0 aliphatic carbocycles. The summed E-state index contributed by atoms with van der Waals surface area (Å²) in [7, 11) is -2.72. The molecule has 0 unspecified atom stereocenters. The molecule has 2 aromatic rings. The molecule has 6 nitrogen and oxygen atoms in total.